The largest absolute Gasteiger partial charge is 0.495 e. The average Bonchev–Trinajstić information content (AvgIpc) is 2.61. The first kappa shape index (κ1) is 19.2. The summed E-state index contributed by atoms with van der Waals surface area (Å²) in [4.78, 5) is 13.8. The Bertz CT molecular complexity index is 856. The highest BCUT2D eigenvalue weighted by Crippen LogP contribution is 2.28. The standard InChI is InChI=1S/C17H19ClN2O4S/c1-19(12-17(21)20(2)13-7-5-4-6-8-13)25(22,23)14-9-10-16(24-3)15(18)11-14/h4-11H,12H2,1-3H3. The number of para-hydroxylation sites is 1. The van der Waals surface area contributed by atoms with Gasteiger partial charge in [0.25, 0.3) is 0 Å². The Balaban J connectivity index is 2.17. The number of carbonyl (C=O) groups is 1. The van der Waals surface area contributed by atoms with Gasteiger partial charge in [-0.3, -0.25) is 4.79 Å². The maximum absolute atomic E-state index is 12.6. The normalized spacial score (nSPS) is 11.4. The minimum atomic E-state index is -3.85. The molecule has 0 N–H and O–H groups in total. The number of halogens is 1. The number of ether oxygens (including phenoxy) is 1. The second kappa shape index (κ2) is 7.86. The fraction of sp³-hybridized carbons (Fsp3) is 0.235. The molecule has 0 unspecified atom stereocenters. The molecule has 2 aromatic carbocycles. The van der Waals surface area contributed by atoms with Crippen molar-refractivity contribution < 1.29 is 17.9 Å². The van der Waals surface area contributed by atoms with Crippen LogP contribution in [0, 0.1) is 0 Å². The van der Waals surface area contributed by atoms with Crippen LogP contribution in [0.1, 0.15) is 0 Å². The van der Waals surface area contributed by atoms with Crippen molar-refractivity contribution in [3.8, 4) is 5.75 Å². The number of carbonyl (C=O) groups excluding carboxylic acids is 1. The van der Waals surface area contributed by atoms with Crippen LogP contribution in [-0.2, 0) is 14.8 Å². The predicted octanol–water partition coefficient (Wildman–Crippen LogP) is 2.63. The summed E-state index contributed by atoms with van der Waals surface area (Å²) in [6.07, 6.45) is 0. The van der Waals surface area contributed by atoms with E-state index >= 15 is 0 Å². The molecule has 0 aromatic heterocycles. The molecule has 0 radical (unpaired) electrons. The lowest BCUT2D eigenvalue weighted by atomic mass is 10.3. The Morgan fingerprint density at radius 2 is 1.76 bits per heavy atom. The quantitative estimate of drug-likeness (QED) is 0.770. The molecule has 0 atom stereocenters. The number of sulfonamides is 1. The van der Waals surface area contributed by atoms with E-state index in [0.29, 0.717) is 11.4 Å². The summed E-state index contributed by atoms with van der Waals surface area (Å²) in [5.74, 6) is 0.0278. The van der Waals surface area contributed by atoms with E-state index in [0.717, 1.165) is 4.31 Å². The van der Waals surface area contributed by atoms with Crippen molar-refractivity contribution in [3.05, 3.63) is 53.6 Å². The number of nitrogens with zero attached hydrogens (tertiary/aromatic N) is 2. The van der Waals surface area contributed by atoms with Gasteiger partial charge in [-0.25, -0.2) is 8.42 Å². The molecule has 0 bridgehead atoms. The monoisotopic (exact) mass is 382 g/mol. The van der Waals surface area contributed by atoms with Crippen LogP contribution in [0.5, 0.6) is 5.75 Å². The highest BCUT2D eigenvalue weighted by Gasteiger charge is 2.25. The third-order valence-electron chi connectivity index (χ3n) is 3.71. The van der Waals surface area contributed by atoms with E-state index in [2.05, 4.69) is 0 Å². The SMILES string of the molecule is COc1ccc(S(=O)(=O)N(C)CC(=O)N(C)c2ccccc2)cc1Cl. The maximum Gasteiger partial charge on any atom is 0.243 e. The number of methoxy groups -OCH3 is 1. The van der Waals surface area contributed by atoms with Crippen LogP contribution < -0.4 is 9.64 Å². The molecule has 0 aliphatic heterocycles. The number of rotatable bonds is 6. The number of likely N-dealkylation sites (N-methyl/N-ethyl adjacent to an activating group) is 2. The van der Waals surface area contributed by atoms with Gasteiger partial charge < -0.3 is 9.64 Å². The van der Waals surface area contributed by atoms with Gasteiger partial charge in [-0.1, -0.05) is 29.8 Å². The summed E-state index contributed by atoms with van der Waals surface area (Å²) in [5.41, 5.74) is 0.686. The molecule has 2 aromatic rings. The summed E-state index contributed by atoms with van der Waals surface area (Å²) < 4.78 is 31.3. The molecule has 0 heterocycles. The predicted molar refractivity (Wildman–Crippen MR) is 97.7 cm³/mol. The maximum atomic E-state index is 12.6. The van der Waals surface area contributed by atoms with Gasteiger partial charge in [-0.05, 0) is 30.3 Å². The summed E-state index contributed by atoms with van der Waals surface area (Å²) in [7, 11) is 0.544. The van der Waals surface area contributed by atoms with Gasteiger partial charge in [0, 0.05) is 19.8 Å². The van der Waals surface area contributed by atoms with E-state index in [-0.39, 0.29) is 22.4 Å². The van der Waals surface area contributed by atoms with Crippen molar-refractivity contribution in [2.24, 2.45) is 0 Å². The Kier molecular flexibility index (Phi) is 6.05. The Labute approximate surface area is 152 Å². The second-order valence-electron chi connectivity index (χ2n) is 5.35. The summed E-state index contributed by atoms with van der Waals surface area (Å²) in [6, 6.07) is 13.2. The van der Waals surface area contributed by atoms with E-state index in [4.69, 9.17) is 16.3 Å². The van der Waals surface area contributed by atoms with E-state index in [1.165, 1.54) is 37.3 Å². The highest BCUT2D eigenvalue weighted by molar-refractivity contribution is 7.89. The van der Waals surface area contributed by atoms with E-state index in [1.54, 1.807) is 31.3 Å². The first-order valence-electron chi connectivity index (χ1n) is 7.39. The summed E-state index contributed by atoms with van der Waals surface area (Å²) >= 11 is 5.99. The molecule has 0 saturated heterocycles. The second-order valence-corrected chi connectivity index (χ2v) is 7.80. The van der Waals surface area contributed by atoms with Crippen LogP contribution in [0.3, 0.4) is 0 Å². The summed E-state index contributed by atoms with van der Waals surface area (Å²) in [6.45, 7) is -0.294. The molecule has 0 saturated carbocycles. The Morgan fingerprint density at radius 3 is 2.32 bits per heavy atom. The van der Waals surface area contributed by atoms with E-state index in [1.807, 2.05) is 6.07 Å². The van der Waals surface area contributed by atoms with Gasteiger partial charge in [-0.2, -0.15) is 4.31 Å². The van der Waals surface area contributed by atoms with Crippen molar-refractivity contribution in [3.63, 3.8) is 0 Å². The number of hydrogen-bond acceptors (Lipinski definition) is 4. The number of benzene rings is 2. The van der Waals surface area contributed by atoms with Crippen LogP contribution in [0.15, 0.2) is 53.4 Å². The fourth-order valence-corrected chi connectivity index (χ4v) is 3.63. The average molecular weight is 383 g/mol. The van der Waals surface area contributed by atoms with Crippen LogP contribution >= 0.6 is 11.6 Å². The van der Waals surface area contributed by atoms with E-state index < -0.39 is 10.0 Å². The first-order chi connectivity index (χ1) is 11.8. The van der Waals surface area contributed by atoms with Crippen molar-refractivity contribution in [2.45, 2.75) is 4.90 Å². The van der Waals surface area contributed by atoms with Gasteiger partial charge in [0.15, 0.2) is 0 Å². The lowest BCUT2D eigenvalue weighted by Crippen LogP contribution is -2.39. The minimum Gasteiger partial charge on any atom is -0.495 e. The Morgan fingerprint density at radius 1 is 1.12 bits per heavy atom. The first-order valence-corrected chi connectivity index (χ1v) is 9.20. The zero-order chi connectivity index (χ0) is 18.6. The third-order valence-corrected chi connectivity index (χ3v) is 5.80. The van der Waals surface area contributed by atoms with Crippen LogP contribution in [-0.4, -0.2) is 46.4 Å². The lowest BCUT2D eigenvalue weighted by molar-refractivity contribution is -0.118. The molecule has 1 amide bonds. The molecule has 0 aliphatic rings. The zero-order valence-electron chi connectivity index (χ0n) is 14.1. The molecule has 8 heteroatoms. The molecule has 0 spiro atoms. The van der Waals surface area contributed by atoms with Gasteiger partial charge in [0.1, 0.15) is 5.75 Å². The van der Waals surface area contributed by atoms with Crippen LogP contribution in [0.25, 0.3) is 0 Å². The third kappa shape index (κ3) is 4.31. The molecular formula is C17H19ClN2O4S. The molecule has 0 aliphatic carbocycles. The Hall–Kier alpha value is -2.09. The van der Waals surface area contributed by atoms with Crippen LogP contribution in [0.4, 0.5) is 5.69 Å². The van der Waals surface area contributed by atoms with Gasteiger partial charge in [-0.15, -0.1) is 0 Å². The van der Waals surface area contributed by atoms with Crippen molar-refractivity contribution in [1.82, 2.24) is 4.31 Å². The lowest BCUT2D eigenvalue weighted by Gasteiger charge is -2.22. The highest BCUT2D eigenvalue weighted by atomic mass is 35.5. The number of amides is 1. The zero-order valence-corrected chi connectivity index (χ0v) is 15.7. The van der Waals surface area contributed by atoms with Crippen molar-refractivity contribution in [2.75, 3.05) is 32.6 Å². The topological polar surface area (TPSA) is 66.9 Å². The molecule has 25 heavy (non-hydrogen) atoms. The smallest absolute Gasteiger partial charge is 0.243 e. The molecule has 2 rings (SSSR count). The molecular weight excluding hydrogens is 364 g/mol. The van der Waals surface area contributed by atoms with Gasteiger partial charge >= 0.3 is 0 Å². The van der Waals surface area contributed by atoms with Gasteiger partial charge in [0.2, 0.25) is 15.9 Å². The van der Waals surface area contributed by atoms with Crippen molar-refractivity contribution in [1.29, 1.82) is 0 Å². The fourth-order valence-electron chi connectivity index (χ4n) is 2.16. The molecule has 134 valence electrons. The number of anilines is 1. The van der Waals surface area contributed by atoms with E-state index in [9.17, 15) is 13.2 Å². The molecule has 0 fully saturated rings. The van der Waals surface area contributed by atoms with Crippen LogP contribution in [0.2, 0.25) is 5.02 Å². The van der Waals surface area contributed by atoms with Gasteiger partial charge in [0.05, 0.1) is 23.6 Å². The van der Waals surface area contributed by atoms with Crippen molar-refractivity contribution >= 4 is 33.2 Å². The summed E-state index contributed by atoms with van der Waals surface area (Å²) in [5, 5.41) is 0.185. The molecule has 6 nitrogen and oxygen atoms in total. The number of hydrogen-bond donors (Lipinski definition) is 0. The minimum absolute atomic E-state index is 0.00374.